The molecule has 1 unspecified atom stereocenters. The average molecular weight is 302 g/mol. The van der Waals surface area contributed by atoms with Crippen LogP contribution in [0.25, 0.3) is 0 Å². The minimum absolute atomic E-state index is 0.0764. The molecule has 5 heteroatoms. The molecule has 1 rings (SSSR count). The van der Waals surface area contributed by atoms with Crippen LogP contribution in [-0.4, -0.2) is 16.1 Å². The molecule has 0 aromatic heterocycles. The summed E-state index contributed by atoms with van der Waals surface area (Å²) in [7, 11) is 0. The Morgan fingerprint density at radius 3 is 2.76 bits per heavy atom. The van der Waals surface area contributed by atoms with Crippen LogP contribution in [-0.2, 0) is 6.42 Å². The van der Waals surface area contributed by atoms with Crippen LogP contribution in [0, 0.1) is 10.1 Å². The van der Waals surface area contributed by atoms with Crippen LogP contribution in [0.3, 0.4) is 0 Å². The molecule has 0 amide bonds. The fraction of sp³-hybridized carbons (Fsp3) is 0.500. The smallest absolute Gasteiger partial charge is 0.283 e. The number of nitro groups is 1. The highest BCUT2D eigenvalue weighted by Gasteiger charge is 2.15. The molecule has 0 bridgehead atoms. The van der Waals surface area contributed by atoms with Crippen molar-refractivity contribution in [1.82, 2.24) is 0 Å². The second-order valence-corrected chi connectivity index (χ2v) is 4.78. The number of nitrogens with zero attached hydrogens (tertiary/aromatic N) is 1. The van der Waals surface area contributed by atoms with Crippen LogP contribution in [0.1, 0.15) is 31.7 Å². The molecule has 0 radical (unpaired) electrons. The van der Waals surface area contributed by atoms with E-state index in [2.05, 4.69) is 15.9 Å². The van der Waals surface area contributed by atoms with E-state index in [9.17, 15) is 15.2 Å². The summed E-state index contributed by atoms with van der Waals surface area (Å²) in [6, 6.07) is 4.98. The molecule has 1 atom stereocenters. The van der Waals surface area contributed by atoms with Crippen molar-refractivity contribution in [1.29, 1.82) is 0 Å². The maximum absolute atomic E-state index is 10.7. The summed E-state index contributed by atoms with van der Waals surface area (Å²) in [4.78, 5) is 10.3. The highest BCUT2D eigenvalue weighted by atomic mass is 79.9. The van der Waals surface area contributed by atoms with E-state index >= 15 is 0 Å². The number of hydrogen-bond acceptors (Lipinski definition) is 3. The van der Waals surface area contributed by atoms with Gasteiger partial charge in [-0.15, -0.1) is 0 Å². The van der Waals surface area contributed by atoms with E-state index in [4.69, 9.17) is 0 Å². The number of aryl methyl sites for hydroxylation is 1. The van der Waals surface area contributed by atoms with Crippen LogP contribution in [0.4, 0.5) is 5.69 Å². The maximum atomic E-state index is 10.7. The maximum Gasteiger partial charge on any atom is 0.283 e. The summed E-state index contributed by atoms with van der Waals surface area (Å²) < 4.78 is 0.522. The molecule has 17 heavy (non-hydrogen) atoms. The van der Waals surface area contributed by atoms with E-state index in [-0.39, 0.29) is 11.8 Å². The minimum atomic E-state index is -0.407. The molecule has 0 saturated carbocycles. The fourth-order valence-corrected chi connectivity index (χ4v) is 2.31. The largest absolute Gasteiger partial charge is 0.393 e. The second-order valence-electron chi connectivity index (χ2n) is 3.99. The Morgan fingerprint density at radius 1 is 1.47 bits per heavy atom. The Balaban J connectivity index is 2.72. The van der Waals surface area contributed by atoms with Crippen molar-refractivity contribution in [3.05, 3.63) is 38.3 Å². The zero-order chi connectivity index (χ0) is 12.8. The number of hydrogen-bond donors (Lipinski definition) is 1. The first-order chi connectivity index (χ1) is 8.06. The molecule has 1 aromatic carbocycles. The number of benzene rings is 1. The number of halogens is 1. The zero-order valence-electron chi connectivity index (χ0n) is 9.73. The quantitative estimate of drug-likeness (QED) is 0.646. The fourth-order valence-electron chi connectivity index (χ4n) is 1.70. The van der Waals surface area contributed by atoms with Crippen molar-refractivity contribution in [2.75, 3.05) is 0 Å². The standard InChI is InChI=1S/C12H16BrNO3/c1-2-4-10(15)8-7-9-5-3-6-11(12(9)13)14(16)17/h3,5-6,10,15H,2,4,7-8H2,1H3. The van der Waals surface area contributed by atoms with Gasteiger partial charge in [-0.1, -0.05) is 25.5 Å². The number of rotatable bonds is 6. The monoisotopic (exact) mass is 301 g/mol. The summed E-state index contributed by atoms with van der Waals surface area (Å²) >= 11 is 3.25. The Kier molecular flexibility index (Phi) is 5.58. The third kappa shape index (κ3) is 4.09. The molecule has 1 aromatic rings. The van der Waals surface area contributed by atoms with Gasteiger partial charge in [-0.05, 0) is 40.8 Å². The molecule has 0 spiro atoms. The van der Waals surface area contributed by atoms with Gasteiger partial charge in [-0.25, -0.2) is 0 Å². The van der Waals surface area contributed by atoms with Crippen molar-refractivity contribution >= 4 is 21.6 Å². The Labute approximate surface area is 109 Å². The summed E-state index contributed by atoms with van der Waals surface area (Å²) in [5.41, 5.74) is 0.946. The van der Waals surface area contributed by atoms with E-state index in [0.717, 1.165) is 18.4 Å². The molecule has 4 nitrogen and oxygen atoms in total. The summed E-state index contributed by atoms with van der Waals surface area (Å²) in [6.07, 6.45) is 2.66. The van der Waals surface area contributed by atoms with E-state index in [0.29, 0.717) is 17.3 Å². The first-order valence-corrected chi connectivity index (χ1v) is 6.45. The van der Waals surface area contributed by atoms with Crippen LogP contribution in [0.2, 0.25) is 0 Å². The summed E-state index contributed by atoms with van der Waals surface area (Å²) in [5.74, 6) is 0. The lowest BCUT2D eigenvalue weighted by Crippen LogP contribution is -2.07. The molecule has 0 saturated heterocycles. The van der Waals surface area contributed by atoms with Gasteiger partial charge in [0.05, 0.1) is 15.5 Å². The molecule has 0 fully saturated rings. The molecule has 0 aliphatic rings. The van der Waals surface area contributed by atoms with E-state index in [1.165, 1.54) is 6.07 Å². The van der Waals surface area contributed by atoms with Crippen LogP contribution >= 0.6 is 15.9 Å². The van der Waals surface area contributed by atoms with Gasteiger partial charge < -0.3 is 5.11 Å². The van der Waals surface area contributed by atoms with Gasteiger partial charge in [0.1, 0.15) is 0 Å². The van der Waals surface area contributed by atoms with Crippen molar-refractivity contribution in [2.24, 2.45) is 0 Å². The van der Waals surface area contributed by atoms with Gasteiger partial charge in [0.2, 0.25) is 0 Å². The number of nitro benzene ring substituents is 1. The molecule has 0 aliphatic carbocycles. The van der Waals surface area contributed by atoms with Crippen molar-refractivity contribution in [3.8, 4) is 0 Å². The third-order valence-electron chi connectivity index (χ3n) is 2.62. The summed E-state index contributed by atoms with van der Waals surface area (Å²) in [6.45, 7) is 2.02. The number of aliphatic hydroxyl groups excluding tert-OH is 1. The highest BCUT2D eigenvalue weighted by Crippen LogP contribution is 2.29. The molecular formula is C12H16BrNO3. The predicted octanol–water partition coefficient (Wildman–Crippen LogP) is 3.45. The Bertz CT molecular complexity index is 395. The Morgan fingerprint density at radius 2 is 2.18 bits per heavy atom. The van der Waals surface area contributed by atoms with Crippen molar-refractivity contribution in [2.45, 2.75) is 38.7 Å². The molecular weight excluding hydrogens is 286 g/mol. The topological polar surface area (TPSA) is 63.4 Å². The molecule has 0 heterocycles. The van der Waals surface area contributed by atoms with E-state index in [1.54, 1.807) is 6.07 Å². The zero-order valence-corrected chi connectivity index (χ0v) is 11.3. The van der Waals surface area contributed by atoms with Gasteiger partial charge in [-0.3, -0.25) is 10.1 Å². The first-order valence-electron chi connectivity index (χ1n) is 5.66. The highest BCUT2D eigenvalue weighted by molar-refractivity contribution is 9.10. The second kappa shape index (κ2) is 6.71. The third-order valence-corrected chi connectivity index (χ3v) is 3.54. The predicted molar refractivity (Wildman–Crippen MR) is 70.0 cm³/mol. The lowest BCUT2D eigenvalue weighted by molar-refractivity contribution is -0.385. The van der Waals surface area contributed by atoms with Gasteiger partial charge in [-0.2, -0.15) is 0 Å². The summed E-state index contributed by atoms with van der Waals surface area (Å²) in [5, 5.41) is 20.4. The van der Waals surface area contributed by atoms with Crippen molar-refractivity contribution < 1.29 is 10.0 Å². The first kappa shape index (κ1) is 14.1. The molecule has 1 N–H and O–H groups in total. The average Bonchev–Trinajstić information content (AvgIpc) is 2.27. The van der Waals surface area contributed by atoms with Gasteiger partial charge >= 0.3 is 0 Å². The SMILES string of the molecule is CCCC(O)CCc1cccc([N+](=O)[O-])c1Br. The van der Waals surface area contributed by atoms with E-state index < -0.39 is 4.92 Å². The molecule has 0 aliphatic heterocycles. The van der Waals surface area contributed by atoms with E-state index in [1.807, 2.05) is 13.0 Å². The van der Waals surface area contributed by atoms with Gasteiger partial charge in [0.15, 0.2) is 0 Å². The lowest BCUT2D eigenvalue weighted by atomic mass is 10.0. The normalized spacial score (nSPS) is 12.4. The van der Waals surface area contributed by atoms with Crippen molar-refractivity contribution in [3.63, 3.8) is 0 Å². The van der Waals surface area contributed by atoms with Crippen LogP contribution in [0.5, 0.6) is 0 Å². The van der Waals surface area contributed by atoms with Crippen LogP contribution in [0.15, 0.2) is 22.7 Å². The number of aliphatic hydroxyl groups is 1. The molecule has 94 valence electrons. The minimum Gasteiger partial charge on any atom is -0.393 e. The van der Waals surface area contributed by atoms with Crippen LogP contribution < -0.4 is 0 Å². The van der Waals surface area contributed by atoms with Gasteiger partial charge in [0, 0.05) is 6.07 Å². The van der Waals surface area contributed by atoms with Gasteiger partial charge in [0.25, 0.3) is 5.69 Å². The lowest BCUT2D eigenvalue weighted by Gasteiger charge is -2.10. The Hall–Kier alpha value is -0.940.